The Morgan fingerprint density at radius 1 is 1.29 bits per heavy atom. The fourth-order valence-electron chi connectivity index (χ4n) is 1.78. The van der Waals surface area contributed by atoms with Crippen LogP contribution in [-0.4, -0.2) is 29.6 Å². The van der Waals surface area contributed by atoms with E-state index in [0.717, 1.165) is 10.6 Å². The van der Waals surface area contributed by atoms with Gasteiger partial charge in [-0.15, -0.1) is 11.8 Å². The van der Waals surface area contributed by atoms with Crippen LogP contribution < -0.4 is 21.5 Å². The molecule has 0 aromatic heterocycles. The topological polar surface area (TPSA) is 99.3 Å². The molecule has 0 aliphatic carbocycles. The highest BCUT2D eigenvalue weighted by Gasteiger charge is 2.28. The van der Waals surface area contributed by atoms with E-state index < -0.39 is 17.2 Å². The summed E-state index contributed by atoms with van der Waals surface area (Å²) in [6.45, 7) is 2.22. The number of urea groups is 1. The highest BCUT2D eigenvalue weighted by molar-refractivity contribution is 8.01. The number of anilines is 1. The average Bonchev–Trinajstić information content (AvgIpc) is 2.46. The largest absolute Gasteiger partial charge is 0.337 e. The molecule has 1 aromatic carbocycles. The van der Waals surface area contributed by atoms with Gasteiger partial charge in [-0.25, -0.2) is 10.2 Å². The predicted octanol–water partition coefficient (Wildman–Crippen LogP) is 0.840. The Kier molecular flexibility index (Phi) is 5.04. The molecule has 0 radical (unpaired) electrons. The zero-order valence-corrected chi connectivity index (χ0v) is 12.3. The molecule has 7 nitrogen and oxygen atoms in total. The molecule has 0 saturated carbocycles. The summed E-state index contributed by atoms with van der Waals surface area (Å²) < 4.78 is 0. The van der Waals surface area contributed by atoms with Crippen molar-refractivity contribution in [3.05, 3.63) is 24.3 Å². The minimum absolute atomic E-state index is 0.0166. The number of carbonyl (C=O) groups is 3. The number of amides is 4. The second-order valence-electron chi connectivity index (χ2n) is 4.33. The van der Waals surface area contributed by atoms with E-state index in [1.54, 1.807) is 6.92 Å². The van der Waals surface area contributed by atoms with Crippen LogP contribution in [0.1, 0.15) is 13.3 Å². The van der Waals surface area contributed by atoms with Gasteiger partial charge in [-0.05, 0) is 19.1 Å². The summed E-state index contributed by atoms with van der Waals surface area (Å²) >= 11 is 1.34. The summed E-state index contributed by atoms with van der Waals surface area (Å²) in [6.07, 6.45) is -0.0166. The fourth-order valence-corrected chi connectivity index (χ4v) is 2.89. The van der Waals surface area contributed by atoms with Crippen molar-refractivity contribution in [2.24, 2.45) is 0 Å². The lowest BCUT2D eigenvalue weighted by Gasteiger charge is -2.23. The van der Waals surface area contributed by atoms with Crippen LogP contribution in [0.5, 0.6) is 0 Å². The third-order valence-electron chi connectivity index (χ3n) is 2.73. The molecule has 1 atom stereocenters. The van der Waals surface area contributed by atoms with Gasteiger partial charge in [0.25, 0.3) is 0 Å². The minimum Gasteiger partial charge on any atom is -0.337 e. The maximum atomic E-state index is 11.9. The van der Waals surface area contributed by atoms with Gasteiger partial charge in [-0.1, -0.05) is 12.1 Å². The van der Waals surface area contributed by atoms with Crippen molar-refractivity contribution in [3.63, 3.8) is 0 Å². The van der Waals surface area contributed by atoms with Gasteiger partial charge < -0.3 is 10.6 Å². The summed E-state index contributed by atoms with van der Waals surface area (Å²) in [5.41, 5.74) is 5.24. The molecule has 2 rings (SSSR count). The molecule has 0 fully saturated rings. The van der Waals surface area contributed by atoms with Gasteiger partial charge in [0.2, 0.25) is 11.8 Å². The molecule has 4 N–H and O–H groups in total. The zero-order valence-electron chi connectivity index (χ0n) is 11.4. The first-order valence-electron chi connectivity index (χ1n) is 6.49. The Balaban J connectivity index is 1.87. The summed E-state index contributed by atoms with van der Waals surface area (Å²) in [5, 5.41) is 4.72. The predicted molar refractivity (Wildman–Crippen MR) is 79.7 cm³/mol. The normalized spacial score (nSPS) is 16.4. The van der Waals surface area contributed by atoms with E-state index in [9.17, 15) is 14.4 Å². The smallest absolute Gasteiger partial charge is 0.333 e. The summed E-state index contributed by atoms with van der Waals surface area (Å²) in [7, 11) is 0. The molecule has 0 spiro atoms. The highest BCUT2D eigenvalue weighted by Crippen LogP contribution is 2.36. The molecule has 4 amide bonds. The van der Waals surface area contributed by atoms with E-state index in [4.69, 9.17) is 0 Å². The quantitative estimate of drug-likeness (QED) is 0.622. The lowest BCUT2D eigenvalue weighted by atomic mass is 10.2. The van der Waals surface area contributed by atoms with Gasteiger partial charge in [-0.3, -0.25) is 15.0 Å². The molecule has 1 heterocycles. The molecule has 0 saturated heterocycles. The minimum atomic E-state index is -0.518. The number of benzene rings is 1. The molecule has 0 bridgehead atoms. The molecule has 1 aliphatic heterocycles. The molecule has 1 aliphatic rings. The van der Waals surface area contributed by atoms with Crippen LogP contribution in [0, 0.1) is 0 Å². The lowest BCUT2D eigenvalue weighted by molar-refractivity contribution is -0.124. The van der Waals surface area contributed by atoms with Gasteiger partial charge in [0.1, 0.15) is 0 Å². The Hall–Kier alpha value is -2.22. The number of nitrogens with one attached hydrogen (secondary N) is 4. The Morgan fingerprint density at radius 2 is 2.05 bits per heavy atom. The van der Waals surface area contributed by atoms with Crippen LogP contribution in [-0.2, 0) is 9.59 Å². The first-order chi connectivity index (χ1) is 10.1. The van der Waals surface area contributed by atoms with Crippen molar-refractivity contribution in [1.29, 1.82) is 0 Å². The molecule has 112 valence electrons. The van der Waals surface area contributed by atoms with Crippen LogP contribution >= 0.6 is 11.8 Å². The van der Waals surface area contributed by atoms with Crippen LogP contribution in [0.25, 0.3) is 0 Å². The Bertz CT molecular complexity index is 564. The van der Waals surface area contributed by atoms with Crippen molar-refractivity contribution in [1.82, 2.24) is 16.2 Å². The van der Waals surface area contributed by atoms with E-state index in [2.05, 4.69) is 21.5 Å². The third-order valence-corrected chi connectivity index (χ3v) is 4.01. The summed E-state index contributed by atoms with van der Waals surface area (Å²) in [5.74, 6) is -0.639. The van der Waals surface area contributed by atoms with Crippen molar-refractivity contribution in [3.8, 4) is 0 Å². The van der Waals surface area contributed by atoms with E-state index in [1.807, 2.05) is 24.3 Å². The average molecular weight is 308 g/mol. The van der Waals surface area contributed by atoms with E-state index in [1.165, 1.54) is 11.8 Å². The third kappa shape index (κ3) is 4.12. The molecular formula is C13H16N4O3S. The number of carbonyl (C=O) groups excluding carboxylic acids is 3. The number of hydrogen-bond acceptors (Lipinski definition) is 4. The van der Waals surface area contributed by atoms with E-state index in [0.29, 0.717) is 6.54 Å². The van der Waals surface area contributed by atoms with Crippen molar-refractivity contribution >= 4 is 35.3 Å². The Morgan fingerprint density at radius 3 is 2.81 bits per heavy atom. The second-order valence-corrected chi connectivity index (χ2v) is 5.57. The van der Waals surface area contributed by atoms with Gasteiger partial charge in [0.05, 0.1) is 10.9 Å². The van der Waals surface area contributed by atoms with Crippen molar-refractivity contribution < 1.29 is 14.4 Å². The SMILES string of the molecule is CCNC(=O)NNC(=O)CC1Sc2ccccc2NC1=O. The number of fused-ring (bicyclic) bond motifs is 1. The van der Waals surface area contributed by atoms with Crippen molar-refractivity contribution in [2.45, 2.75) is 23.5 Å². The maximum absolute atomic E-state index is 11.9. The van der Waals surface area contributed by atoms with Crippen LogP contribution in [0.3, 0.4) is 0 Å². The van der Waals surface area contributed by atoms with Crippen LogP contribution in [0.2, 0.25) is 0 Å². The number of thioether (sulfide) groups is 1. The number of rotatable bonds is 3. The maximum Gasteiger partial charge on any atom is 0.333 e. The zero-order chi connectivity index (χ0) is 15.2. The molecule has 8 heteroatoms. The first kappa shape index (κ1) is 15.2. The summed E-state index contributed by atoms with van der Waals surface area (Å²) in [6, 6.07) is 6.92. The van der Waals surface area contributed by atoms with Crippen molar-refractivity contribution in [2.75, 3.05) is 11.9 Å². The highest BCUT2D eigenvalue weighted by atomic mass is 32.2. The standard InChI is InChI=1S/C13H16N4O3S/c1-2-14-13(20)17-16-11(18)7-10-12(19)15-8-5-3-4-6-9(8)21-10/h3-6,10H,2,7H2,1H3,(H,15,19)(H,16,18)(H2,14,17,20). The van der Waals surface area contributed by atoms with Gasteiger partial charge in [0, 0.05) is 17.9 Å². The summed E-state index contributed by atoms with van der Waals surface area (Å²) in [4.78, 5) is 35.7. The molecule has 1 unspecified atom stereocenters. The Labute approximate surface area is 126 Å². The molecular weight excluding hydrogens is 292 g/mol. The number of para-hydroxylation sites is 1. The van der Waals surface area contributed by atoms with E-state index >= 15 is 0 Å². The number of hydrogen-bond donors (Lipinski definition) is 4. The lowest BCUT2D eigenvalue weighted by Crippen LogP contribution is -2.48. The fraction of sp³-hybridized carbons (Fsp3) is 0.308. The van der Waals surface area contributed by atoms with Gasteiger partial charge in [-0.2, -0.15) is 0 Å². The molecule has 1 aromatic rings. The van der Waals surface area contributed by atoms with Gasteiger partial charge in [0.15, 0.2) is 0 Å². The van der Waals surface area contributed by atoms with Crippen LogP contribution in [0.15, 0.2) is 29.2 Å². The monoisotopic (exact) mass is 308 g/mol. The van der Waals surface area contributed by atoms with Crippen LogP contribution in [0.4, 0.5) is 10.5 Å². The number of hydrazine groups is 1. The first-order valence-corrected chi connectivity index (χ1v) is 7.37. The van der Waals surface area contributed by atoms with Gasteiger partial charge >= 0.3 is 6.03 Å². The second kappa shape index (κ2) is 6.98. The molecule has 21 heavy (non-hydrogen) atoms. The van der Waals surface area contributed by atoms with E-state index in [-0.39, 0.29) is 12.3 Å².